The average Bonchev–Trinajstić information content (AvgIpc) is 2.53. The summed E-state index contributed by atoms with van der Waals surface area (Å²) in [5.74, 6) is 0. The Bertz CT molecular complexity index is 1020. The zero-order valence-electron chi connectivity index (χ0n) is 13.5. The number of fused-ring (bicyclic) bond motifs is 1. The molecule has 1 heterocycles. The molecule has 0 aliphatic heterocycles. The molecule has 3 nitrogen and oxygen atoms in total. The van der Waals surface area contributed by atoms with Crippen molar-refractivity contribution < 1.29 is 8.78 Å². The van der Waals surface area contributed by atoms with Crippen LogP contribution in [0.2, 0.25) is 0 Å². The maximum absolute atomic E-state index is 13.2. The Morgan fingerprint density at radius 3 is 2.28 bits per heavy atom. The number of rotatable bonds is 3. The molecule has 0 unspecified atom stereocenters. The van der Waals surface area contributed by atoms with E-state index in [1.165, 1.54) is 0 Å². The highest BCUT2D eigenvalue weighted by atomic mass is 19.3. The van der Waals surface area contributed by atoms with E-state index in [1.807, 2.05) is 54.6 Å². The molecule has 2 bridgehead atoms. The fourth-order valence-corrected chi connectivity index (χ4v) is 4.66. The van der Waals surface area contributed by atoms with Crippen LogP contribution in [-0.2, 0) is 5.41 Å². The number of hydrogen-bond acceptors (Lipinski definition) is 2. The Hall–Kier alpha value is -2.56. The molecular weight excluding hydrogens is 322 g/mol. The van der Waals surface area contributed by atoms with Crippen LogP contribution in [0, 0.1) is 5.41 Å². The average molecular weight is 338 g/mol. The summed E-state index contributed by atoms with van der Waals surface area (Å²) in [7, 11) is 0. The molecule has 0 N–H and O–H groups in total. The van der Waals surface area contributed by atoms with Gasteiger partial charge in [-0.05, 0) is 43.5 Å². The lowest BCUT2D eigenvalue weighted by Crippen LogP contribution is -2.69. The van der Waals surface area contributed by atoms with E-state index in [-0.39, 0.29) is 5.56 Å². The van der Waals surface area contributed by atoms with Gasteiger partial charge in [-0.1, -0.05) is 30.3 Å². The van der Waals surface area contributed by atoms with Crippen LogP contribution >= 0.6 is 0 Å². The Balaban J connectivity index is 1.73. The van der Waals surface area contributed by atoms with E-state index >= 15 is 0 Å². The molecule has 3 aliphatic rings. The fraction of sp³-hybridized carbons (Fsp3) is 0.300. The zero-order valence-corrected chi connectivity index (χ0v) is 13.5. The molecule has 3 aliphatic carbocycles. The maximum Gasteiger partial charge on any atom is 0.277 e. The quantitative estimate of drug-likeness (QED) is 0.721. The number of aromatic nitrogens is 2. The Morgan fingerprint density at radius 1 is 0.960 bits per heavy atom. The molecule has 6 rings (SSSR count). The third-order valence-corrected chi connectivity index (χ3v) is 5.81. The molecule has 3 aromatic rings. The smallest absolute Gasteiger partial charge is 0.274 e. The minimum Gasteiger partial charge on any atom is -0.274 e. The van der Waals surface area contributed by atoms with Gasteiger partial charge in [0.2, 0.25) is 6.43 Å². The minimum atomic E-state index is -2.31. The molecule has 0 radical (unpaired) electrons. The third kappa shape index (κ3) is 1.84. The van der Waals surface area contributed by atoms with Crippen molar-refractivity contribution in [1.29, 1.82) is 0 Å². The summed E-state index contributed by atoms with van der Waals surface area (Å²) in [4.78, 5) is 17.8. The summed E-state index contributed by atoms with van der Waals surface area (Å²) < 4.78 is 28.0. The van der Waals surface area contributed by atoms with Gasteiger partial charge in [0.15, 0.2) is 0 Å². The molecule has 126 valence electrons. The van der Waals surface area contributed by atoms with Gasteiger partial charge >= 0.3 is 0 Å². The Labute approximate surface area is 142 Å². The molecule has 0 saturated heterocycles. The van der Waals surface area contributed by atoms with Crippen LogP contribution < -0.4 is 5.56 Å². The number of halogens is 2. The van der Waals surface area contributed by atoms with Gasteiger partial charge in [-0.2, -0.15) is 0 Å². The predicted octanol–water partition coefficient (Wildman–Crippen LogP) is 4.07. The number of nitrogens with zero attached hydrogens (tertiary/aromatic N) is 2. The monoisotopic (exact) mass is 338 g/mol. The zero-order chi connectivity index (χ0) is 17.2. The molecule has 0 spiro atoms. The first-order valence-corrected chi connectivity index (χ1v) is 8.41. The summed E-state index contributed by atoms with van der Waals surface area (Å²) in [6, 6.07) is 16.9. The summed E-state index contributed by atoms with van der Waals surface area (Å²) in [6.07, 6.45) is -1.21. The molecule has 3 fully saturated rings. The SMILES string of the molecule is O=c1c(C23CC(C(F)F)(C2)C3)nc2ccccc2n1-c1ccccc1. The lowest BCUT2D eigenvalue weighted by Gasteiger charge is -2.69. The molecular formula is C20H16F2N2O. The van der Waals surface area contributed by atoms with Crippen LogP contribution in [-0.4, -0.2) is 16.0 Å². The molecule has 5 heteroatoms. The first-order chi connectivity index (χ1) is 12.0. The largest absolute Gasteiger partial charge is 0.277 e. The van der Waals surface area contributed by atoms with Crippen molar-refractivity contribution in [3.8, 4) is 5.69 Å². The van der Waals surface area contributed by atoms with Gasteiger partial charge in [-0.15, -0.1) is 0 Å². The highest BCUT2D eigenvalue weighted by Gasteiger charge is 2.73. The van der Waals surface area contributed by atoms with E-state index in [0.717, 1.165) is 16.7 Å². The second kappa shape index (κ2) is 4.75. The summed E-state index contributed by atoms with van der Waals surface area (Å²) in [5, 5.41) is 0. The van der Waals surface area contributed by atoms with Crippen molar-refractivity contribution >= 4 is 11.0 Å². The number of alkyl halides is 2. The van der Waals surface area contributed by atoms with Crippen LogP contribution in [0.3, 0.4) is 0 Å². The van der Waals surface area contributed by atoms with Gasteiger partial charge < -0.3 is 0 Å². The van der Waals surface area contributed by atoms with Crippen molar-refractivity contribution in [3.05, 3.63) is 70.6 Å². The van der Waals surface area contributed by atoms with E-state index in [4.69, 9.17) is 0 Å². The van der Waals surface area contributed by atoms with Crippen LogP contribution in [0.4, 0.5) is 8.78 Å². The summed E-state index contributed by atoms with van der Waals surface area (Å²) in [6.45, 7) is 0. The standard InChI is InChI=1S/C20H16F2N2O/c21-18(22)20-10-19(11-20,12-20)16-17(25)24(13-6-2-1-3-7-13)15-9-5-4-8-14(15)23-16/h1-9,18H,10-12H2. The van der Waals surface area contributed by atoms with Crippen LogP contribution in [0.5, 0.6) is 0 Å². The van der Waals surface area contributed by atoms with Gasteiger partial charge in [0.05, 0.1) is 11.0 Å². The molecule has 2 aromatic carbocycles. The Morgan fingerprint density at radius 2 is 1.60 bits per heavy atom. The van der Waals surface area contributed by atoms with Crippen LogP contribution in [0.15, 0.2) is 59.4 Å². The normalized spacial score (nSPS) is 27.2. The van der Waals surface area contributed by atoms with E-state index in [1.54, 1.807) is 4.57 Å². The second-order valence-electron chi connectivity index (χ2n) is 7.40. The molecule has 1 aromatic heterocycles. The highest BCUT2D eigenvalue weighted by Crippen LogP contribution is 2.75. The van der Waals surface area contributed by atoms with Gasteiger partial charge in [0.25, 0.3) is 5.56 Å². The van der Waals surface area contributed by atoms with Gasteiger partial charge in [0.1, 0.15) is 5.69 Å². The van der Waals surface area contributed by atoms with E-state index in [2.05, 4.69) is 4.98 Å². The Kier molecular flexibility index (Phi) is 2.80. The highest BCUT2D eigenvalue weighted by molar-refractivity contribution is 5.77. The van der Waals surface area contributed by atoms with Crippen molar-refractivity contribution in [3.63, 3.8) is 0 Å². The van der Waals surface area contributed by atoms with Gasteiger partial charge in [0, 0.05) is 16.5 Å². The lowest BCUT2D eigenvalue weighted by molar-refractivity contribution is -0.223. The van der Waals surface area contributed by atoms with Gasteiger partial charge in [-0.25, -0.2) is 13.8 Å². The fourth-order valence-electron chi connectivity index (χ4n) is 4.66. The summed E-state index contributed by atoms with van der Waals surface area (Å²) in [5.41, 5.74) is 1.13. The molecule has 0 amide bonds. The molecule has 0 atom stereocenters. The topological polar surface area (TPSA) is 34.9 Å². The molecule has 3 saturated carbocycles. The van der Waals surface area contributed by atoms with Crippen LogP contribution in [0.1, 0.15) is 25.0 Å². The van der Waals surface area contributed by atoms with Gasteiger partial charge in [-0.3, -0.25) is 9.36 Å². The molecule has 25 heavy (non-hydrogen) atoms. The maximum atomic E-state index is 13.2. The number of benzene rings is 2. The van der Waals surface area contributed by atoms with Crippen LogP contribution in [0.25, 0.3) is 16.7 Å². The van der Waals surface area contributed by atoms with E-state index in [0.29, 0.717) is 25.0 Å². The lowest BCUT2D eigenvalue weighted by atomic mass is 9.34. The number of hydrogen-bond donors (Lipinski definition) is 0. The predicted molar refractivity (Wildman–Crippen MR) is 91.3 cm³/mol. The third-order valence-electron chi connectivity index (χ3n) is 5.81. The van der Waals surface area contributed by atoms with E-state index in [9.17, 15) is 13.6 Å². The number of para-hydroxylation sites is 3. The first kappa shape index (κ1) is 14.8. The minimum absolute atomic E-state index is 0.188. The first-order valence-electron chi connectivity index (χ1n) is 8.41. The van der Waals surface area contributed by atoms with Crippen molar-refractivity contribution in [2.24, 2.45) is 5.41 Å². The summed E-state index contributed by atoms with van der Waals surface area (Å²) >= 11 is 0. The van der Waals surface area contributed by atoms with Crippen molar-refractivity contribution in [1.82, 2.24) is 9.55 Å². The van der Waals surface area contributed by atoms with Crippen molar-refractivity contribution in [2.45, 2.75) is 31.1 Å². The van der Waals surface area contributed by atoms with E-state index < -0.39 is 17.3 Å². The van der Waals surface area contributed by atoms with Crippen molar-refractivity contribution in [2.75, 3.05) is 0 Å². The second-order valence-corrected chi connectivity index (χ2v) is 7.40.